The van der Waals surface area contributed by atoms with Crippen molar-refractivity contribution >= 4 is 23.5 Å². The van der Waals surface area contributed by atoms with Crippen LogP contribution >= 0.6 is 11.6 Å². The molecule has 0 radical (unpaired) electrons. The zero-order chi connectivity index (χ0) is 22.9. The number of ether oxygens (including phenoxy) is 1. The first-order valence-corrected chi connectivity index (χ1v) is 11.0. The first-order chi connectivity index (χ1) is 15.5. The van der Waals surface area contributed by atoms with E-state index in [1.165, 1.54) is 0 Å². The first kappa shape index (κ1) is 23.4. The van der Waals surface area contributed by atoms with Gasteiger partial charge in [-0.2, -0.15) is 0 Å². The predicted molar refractivity (Wildman–Crippen MR) is 127 cm³/mol. The van der Waals surface area contributed by atoms with Crippen LogP contribution < -0.4 is 10.1 Å². The average molecular weight is 452 g/mol. The summed E-state index contributed by atoms with van der Waals surface area (Å²) in [5.41, 5.74) is 3.74. The summed E-state index contributed by atoms with van der Waals surface area (Å²) in [5.74, 6) is -0.612. The second-order valence-corrected chi connectivity index (χ2v) is 7.86. The average Bonchev–Trinajstić information content (AvgIpc) is 2.80. The molecule has 6 heteroatoms. The summed E-state index contributed by atoms with van der Waals surface area (Å²) in [6.07, 6.45) is 2.61. The maximum atomic E-state index is 12.7. The van der Waals surface area contributed by atoms with Crippen molar-refractivity contribution < 1.29 is 19.4 Å². The lowest BCUT2D eigenvalue weighted by atomic mass is 10.0. The van der Waals surface area contributed by atoms with E-state index in [-0.39, 0.29) is 11.5 Å². The molecule has 166 valence electrons. The Morgan fingerprint density at radius 2 is 1.62 bits per heavy atom. The van der Waals surface area contributed by atoms with Crippen molar-refractivity contribution in [2.75, 3.05) is 13.2 Å². The number of carbonyl (C=O) groups is 2. The highest BCUT2D eigenvalue weighted by Gasteiger charge is 2.13. The maximum Gasteiger partial charge on any atom is 0.335 e. The van der Waals surface area contributed by atoms with Crippen molar-refractivity contribution in [3.8, 4) is 16.9 Å². The van der Waals surface area contributed by atoms with E-state index in [2.05, 4.69) is 12.2 Å². The van der Waals surface area contributed by atoms with E-state index < -0.39 is 5.97 Å². The van der Waals surface area contributed by atoms with Gasteiger partial charge in [0.15, 0.2) is 0 Å². The highest BCUT2D eigenvalue weighted by Crippen LogP contribution is 2.24. The highest BCUT2D eigenvalue weighted by molar-refractivity contribution is 6.31. The molecule has 0 saturated carbocycles. The van der Waals surface area contributed by atoms with E-state index in [4.69, 9.17) is 21.4 Å². The monoisotopic (exact) mass is 451 g/mol. The van der Waals surface area contributed by atoms with E-state index in [9.17, 15) is 9.59 Å². The van der Waals surface area contributed by atoms with Gasteiger partial charge in [-0.15, -0.1) is 0 Å². The van der Waals surface area contributed by atoms with Gasteiger partial charge in [-0.3, -0.25) is 4.79 Å². The van der Waals surface area contributed by atoms with Gasteiger partial charge in [-0.05, 0) is 59.9 Å². The quantitative estimate of drug-likeness (QED) is 0.379. The number of rotatable bonds is 10. The van der Waals surface area contributed by atoms with E-state index in [1.54, 1.807) is 42.5 Å². The molecule has 0 unspecified atom stereocenters. The molecular weight excluding hydrogens is 426 g/mol. The Balaban J connectivity index is 1.57. The number of halogens is 1. The topological polar surface area (TPSA) is 75.6 Å². The van der Waals surface area contributed by atoms with E-state index >= 15 is 0 Å². The Bertz CT molecular complexity index is 1060. The van der Waals surface area contributed by atoms with Crippen LogP contribution in [-0.2, 0) is 6.42 Å². The minimum atomic E-state index is -0.939. The molecule has 0 aliphatic rings. The van der Waals surface area contributed by atoms with Gasteiger partial charge in [0.05, 0.1) is 17.7 Å². The van der Waals surface area contributed by atoms with Crippen LogP contribution in [0, 0.1) is 0 Å². The third kappa shape index (κ3) is 6.34. The molecular formula is C26H26ClNO4. The van der Waals surface area contributed by atoms with Gasteiger partial charge in [0.25, 0.3) is 5.91 Å². The Morgan fingerprint density at radius 1 is 0.969 bits per heavy atom. The normalized spacial score (nSPS) is 10.6. The molecule has 0 aliphatic carbocycles. The molecule has 0 aromatic heterocycles. The summed E-state index contributed by atoms with van der Waals surface area (Å²) in [4.78, 5) is 23.6. The lowest BCUT2D eigenvalue weighted by Gasteiger charge is -2.12. The Kier molecular flexibility index (Phi) is 8.28. The van der Waals surface area contributed by atoms with Crippen LogP contribution in [0.5, 0.6) is 5.75 Å². The molecule has 0 fully saturated rings. The van der Waals surface area contributed by atoms with Crippen LogP contribution in [0.4, 0.5) is 0 Å². The van der Waals surface area contributed by atoms with Crippen molar-refractivity contribution in [3.63, 3.8) is 0 Å². The van der Waals surface area contributed by atoms with Crippen LogP contribution in [0.25, 0.3) is 11.1 Å². The van der Waals surface area contributed by atoms with Gasteiger partial charge in [0, 0.05) is 11.6 Å². The van der Waals surface area contributed by atoms with Crippen LogP contribution in [0.1, 0.15) is 46.0 Å². The molecule has 32 heavy (non-hydrogen) atoms. The maximum absolute atomic E-state index is 12.7. The van der Waals surface area contributed by atoms with Crippen molar-refractivity contribution in [2.24, 2.45) is 0 Å². The van der Waals surface area contributed by atoms with E-state index in [1.807, 2.05) is 24.3 Å². The molecule has 0 saturated heterocycles. The van der Waals surface area contributed by atoms with Crippen LogP contribution in [0.15, 0.2) is 66.7 Å². The van der Waals surface area contributed by atoms with Gasteiger partial charge in [-0.1, -0.05) is 61.3 Å². The molecule has 5 nitrogen and oxygen atoms in total. The molecule has 3 aromatic carbocycles. The van der Waals surface area contributed by atoms with Gasteiger partial charge in [0.2, 0.25) is 0 Å². The molecule has 0 aliphatic heterocycles. The van der Waals surface area contributed by atoms with Crippen LogP contribution in [0.2, 0.25) is 5.02 Å². The molecule has 0 atom stereocenters. The van der Waals surface area contributed by atoms with Crippen molar-refractivity contribution in [3.05, 3.63) is 88.4 Å². The van der Waals surface area contributed by atoms with Gasteiger partial charge < -0.3 is 15.2 Å². The summed E-state index contributed by atoms with van der Waals surface area (Å²) in [6, 6.07) is 19.8. The number of aromatic carboxylic acids is 1. The zero-order valence-electron chi connectivity index (χ0n) is 17.9. The minimum Gasteiger partial charge on any atom is -0.493 e. The second-order valence-electron chi connectivity index (χ2n) is 7.43. The molecule has 0 spiro atoms. The Morgan fingerprint density at radius 3 is 2.25 bits per heavy atom. The molecule has 3 aromatic rings. The lowest BCUT2D eigenvalue weighted by Crippen LogP contribution is -2.26. The third-order valence-electron chi connectivity index (χ3n) is 5.06. The van der Waals surface area contributed by atoms with Crippen LogP contribution in [0.3, 0.4) is 0 Å². The Labute approximate surface area is 193 Å². The number of hydrogen-bond donors (Lipinski definition) is 2. The molecule has 2 N–H and O–H groups in total. The largest absolute Gasteiger partial charge is 0.493 e. The summed E-state index contributed by atoms with van der Waals surface area (Å²) >= 11 is 6.08. The number of carboxylic acid groups (broad SMARTS) is 1. The Hall–Kier alpha value is -3.31. The number of nitrogens with one attached hydrogen (secondary N) is 1. The van der Waals surface area contributed by atoms with Crippen molar-refractivity contribution in [1.29, 1.82) is 0 Å². The first-order valence-electron chi connectivity index (χ1n) is 10.6. The summed E-state index contributed by atoms with van der Waals surface area (Å²) < 4.78 is 5.74. The summed E-state index contributed by atoms with van der Waals surface area (Å²) in [6.45, 7) is 3.12. The van der Waals surface area contributed by atoms with E-state index in [0.29, 0.717) is 35.9 Å². The number of carboxylic acids is 1. The number of hydrogen-bond acceptors (Lipinski definition) is 3. The summed E-state index contributed by atoms with van der Waals surface area (Å²) in [7, 11) is 0. The highest BCUT2D eigenvalue weighted by atomic mass is 35.5. The standard InChI is InChI=1S/C26H26ClNO4/c1-2-3-16-32-24-13-12-22(27)17-23(24)25(29)28-15-14-18-4-6-19(7-5-18)20-8-10-21(11-9-20)26(30)31/h4-13,17H,2-3,14-16H2,1H3,(H,28,29)(H,30,31). The van der Waals surface area contributed by atoms with Crippen LogP contribution in [-0.4, -0.2) is 30.1 Å². The number of amides is 1. The van der Waals surface area contributed by atoms with Crippen molar-refractivity contribution in [1.82, 2.24) is 5.32 Å². The third-order valence-corrected chi connectivity index (χ3v) is 5.30. The van der Waals surface area contributed by atoms with Gasteiger partial charge in [-0.25, -0.2) is 4.79 Å². The molecule has 0 heterocycles. The number of unbranched alkanes of at least 4 members (excludes halogenated alkanes) is 1. The zero-order valence-corrected chi connectivity index (χ0v) is 18.7. The molecule has 3 rings (SSSR count). The second kappa shape index (κ2) is 11.3. The number of benzene rings is 3. The fourth-order valence-electron chi connectivity index (χ4n) is 3.22. The predicted octanol–water partition coefficient (Wildman–Crippen LogP) is 5.86. The van der Waals surface area contributed by atoms with Gasteiger partial charge >= 0.3 is 5.97 Å². The SMILES string of the molecule is CCCCOc1ccc(Cl)cc1C(=O)NCCc1ccc(-c2ccc(C(=O)O)cc2)cc1. The molecule has 1 amide bonds. The van der Waals surface area contributed by atoms with Crippen molar-refractivity contribution in [2.45, 2.75) is 26.2 Å². The van der Waals surface area contributed by atoms with E-state index in [0.717, 1.165) is 29.5 Å². The smallest absolute Gasteiger partial charge is 0.335 e. The van der Waals surface area contributed by atoms with Gasteiger partial charge in [0.1, 0.15) is 5.75 Å². The number of carbonyl (C=O) groups excluding carboxylic acids is 1. The minimum absolute atomic E-state index is 0.214. The molecule has 0 bridgehead atoms. The lowest BCUT2D eigenvalue weighted by molar-refractivity contribution is 0.0696. The fraction of sp³-hybridized carbons (Fsp3) is 0.231. The fourth-order valence-corrected chi connectivity index (χ4v) is 3.39. The summed E-state index contributed by atoms with van der Waals surface area (Å²) in [5, 5.41) is 12.4.